The van der Waals surface area contributed by atoms with Gasteiger partial charge in [-0.2, -0.15) is 0 Å². The summed E-state index contributed by atoms with van der Waals surface area (Å²) in [7, 11) is 1.95. The van der Waals surface area contributed by atoms with Crippen LogP contribution in [-0.4, -0.2) is 43.6 Å². The maximum absolute atomic E-state index is 12.7. The molecule has 1 aliphatic rings. The molecule has 116 valence electrons. The lowest BCUT2D eigenvalue weighted by Crippen LogP contribution is -2.30. The monoisotopic (exact) mass is 354 g/mol. The number of hydrogen-bond acceptors (Lipinski definition) is 3. The van der Waals surface area contributed by atoms with Crippen LogP contribution in [0.4, 0.5) is 0 Å². The summed E-state index contributed by atoms with van der Waals surface area (Å²) in [5.41, 5.74) is 0.650. The molecule has 1 amide bonds. The van der Waals surface area contributed by atoms with Gasteiger partial charge in [0.2, 0.25) is 0 Å². The molecule has 0 spiro atoms. The van der Waals surface area contributed by atoms with E-state index in [-0.39, 0.29) is 12.0 Å². The van der Waals surface area contributed by atoms with Gasteiger partial charge in [0.15, 0.2) is 0 Å². The molecule has 1 atom stereocenters. The first-order valence-electron chi connectivity index (χ1n) is 7.41. The minimum Gasteiger partial charge on any atom is -0.490 e. The Morgan fingerprint density at radius 3 is 2.95 bits per heavy atom. The van der Waals surface area contributed by atoms with E-state index < -0.39 is 0 Å². The van der Waals surface area contributed by atoms with Gasteiger partial charge in [-0.25, -0.2) is 0 Å². The van der Waals surface area contributed by atoms with Crippen molar-refractivity contribution in [2.75, 3.05) is 26.7 Å². The van der Waals surface area contributed by atoms with Crippen molar-refractivity contribution in [2.24, 2.45) is 5.92 Å². The quantitative estimate of drug-likeness (QED) is 0.883. The lowest BCUT2D eigenvalue weighted by Gasteiger charge is -2.20. The van der Waals surface area contributed by atoms with Crippen LogP contribution in [0.5, 0.6) is 5.75 Å². The zero-order valence-corrected chi connectivity index (χ0v) is 14.4. The van der Waals surface area contributed by atoms with Crippen LogP contribution in [0, 0.1) is 5.92 Å². The van der Waals surface area contributed by atoms with E-state index in [0.29, 0.717) is 17.2 Å². The average Bonchev–Trinajstić information content (AvgIpc) is 2.86. The molecule has 1 saturated heterocycles. The molecule has 0 bridgehead atoms. The predicted molar refractivity (Wildman–Crippen MR) is 87.8 cm³/mol. The van der Waals surface area contributed by atoms with Crippen molar-refractivity contribution in [3.05, 3.63) is 28.2 Å². The molecular formula is C16H23BrN2O2. The number of likely N-dealkylation sites (tertiary alicyclic amines) is 1. The van der Waals surface area contributed by atoms with Crippen molar-refractivity contribution in [3.63, 3.8) is 0 Å². The molecule has 0 radical (unpaired) electrons. The first-order valence-corrected chi connectivity index (χ1v) is 8.20. The van der Waals surface area contributed by atoms with Crippen LogP contribution in [0.15, 0.2) is 22.7 Å². The van der Waals surface area contributed by atoms with E-state index >= 15 is 0 Å². The second-order valence-corrected chi connectivity index (χ2v) is 6.69. The van der Waals surface area contributed by atoms with Crippen LogP contribution < -0.4 is 10.1 Å². The average molecular weight is 355 g/mol. The largest absolute Gasteiger partial charge is 0.490 e. The van der Waals surface area contributed by atoms with Crippen molar-refractivity contribution in [3.8, 4) is 5.75 Å². The van der Waals surface area contributed by atoms with E-state index in [0.717, 1.165) is 30.5 Å². The molecule has 0 unspecified atom stereocenters. The highest BCUT2D eigenvalue weighted by Crippen LogP contribution is 2.28. The number of rotatable bonds is 5. The molecule has 2 rings (SSSR count). The summed E-state index contributed by atoms with van der Waals surface area (Å²) < 4.78 is 6.71. The summed E-state index contributed by atoms with van der Waals surface area (Å²) >= 11 is 3.44. The van der Waals surface area contributed by atoms with Gasteiger partial charge in [-0.05, 0) is 58.0 Å². The highest BCUT2D eigenvalue weighted by Gasteiger charge is 2.28. The second kappa shape index (κ2) is 7.27. The summed E-state index contributed by atoms with van der Waals surface area (Å²) in [6, 6.07) is 5.60. The third-order valence-electron chi connectivity index (χ3n) is 3.60. The standard InChI is InChI=1S/C16H23BrN2O2/c1-11(2)21-15-8-13(17)4-5-14(15)16(20)19-7-6-12(10-19)9-18-3/h4-5,8,11-12,18H,6-7,9-10H2,1-3H3/t12-/m1/s1. The molecule has 1 aliphatic heterocycles. The Kier molecular flexibility index (Phi) is 5.65. The molecule has 0 aliphatic carbocycles. The summed E-state index contributed by atoms with van der Waals surface area (Å²) in [6.45, 7) is 6.53. The number of carbonyl (C=O) groups excluding carboxylic acids is 1. The van der Waals surface area contributed by atoms with Gasteiger partial charge in [0.05, 0.1) is 11.7 Å². The Morgan fingerprint density at radius 1 is 1.52 bits per heavy atom. The molecule has 1 heterocycles. The fourth-order valence-electron chi connectivity index (χ4n) is 2.67. The minimum atomic E-state index is 0.0430. The number of ether oxygens (including phenoxy) is 1. The predicted octanol–water partition coefficient (Wildman–Crippen LogP) is 2.92. The molecular weight excluding hydrogens is 332 g/mol. The number of halogens is 1. The molecule has 1 N–H and O–H groups in total. The van der Waals surface area contributed by atoms with Crippen molar-refractivity contribution in [1.29, 1.82) is 0 Å². The van der Waals surface area contributed by atoms with Crippen molar-refractivity contribution >= 4 is 21.8 Å². The molecule has 1 aromatic rings. The molecule has 0 aromatic heterocycles. The Morgan fingerprint density at radius 2 is 2.29 bits per heavy atom. The van der Waals surface area contributed by atoms with Crippen LogP contribution in [-0.2, 0) is 0 Å². The van der Waals surface area contributed by atoms with Gasteiger partial charge in [0.1, 0.15) is 5.75 Å². The first-order chi connectivity index (χ1) is 10.0. The summed E-state index contributed by atoms with van der Waals surface area (Å²) in [4.78, 5) is 14.6. The zero-order chi connectivity index (χ0) is 15.4. The fraction of sp³-hybridized carbons (Fsp3) is 0.562. The third kappa shape index (κ3) is 4.20. The van der Waals surface area contributed by atoms with Gasteiger partial charge >= 0.3 is 0 Å². The minimum absolute atomic E-state index is 0.0430. The van der Waals surface area contributed by atoms with E-state index in [2.05, 4.69) is 21.2 Å². The Bertz CT molecular complexity index is 505. The Balaban J connectivity index is 2.15. The molecule has 5 heteroatoms. The smallest absolute Gasteiger partial charge is 0.257 e. The zero-order valence-electron chi connectivity index (χ0n) is 12.9. The SMILES string of the molecule is CNC[C@H]1CCN(C(=O)c2ccc(Br)cc2OC(C)C)C1. The number of hydrogen-bond donors (Lipinski definition) is 1. The van der Waals surface area contributed by atoms with Crippen LogP contribution in [0.3, 0.4) is 0 Å². The van der Waals surface area contributed by atoms with Gasteiger partial charge in [-0.15, -0.1) is 0 Å². The highest BCUT2D eigenvalue weighted by atomic mass is 79.9. The van der Waals surface area contributed by atoms with E-state index in [1.54, 1.807) is 0 Å². The molecule has 0 saturated carbocycles. The molecule has 1 aromatic carbocycles. The van der Waals surface area contributed by atoms with E-state index in [1.165, 1.54) is 0 Å². The normalized spacial score (nSPS) is 18.3. The van der Waals surface area contributed by atoms with Gasteiger partial charge in [0.25, 0.3) is 5.91 Å². The third-order valence-corrected chi connectivity index (χ3v) is 4.10. The number of nitrogens with zero attached hydrogens (tertiary/aromatic N) is 1. The summed E-state index contributed by atoms with van der Waals surface area (Å²) in [5.74, 6) is 1.27. The maximum Gasteiger partial charge on any atom is 0.257 e. The van der Waals surface area contributed by atoms with Gasteiger partial charge in [-0.1, -0.05) is 15.9 Å². The van der Waals surface area contributed by atoms with Crippen molar-refractivity contribution in [1.82, 2.24) is 10.2 Å². The fourth-order valence-corrected chi connectivity index (χ4v) is 3.01. The lowest BCUT2D eigenvalue weighted by molar-refractivity contribution is 0.0781. The summed E-state index contributed by atoms with van der Waals surface area (Å²) in [6.07, 6.45) is 1.10. The number of nitrogens with one attached hydrogen (secondary N) is 1. The lowest BCUT2D eigenvalue weighted by atomic mass is 10.1. The van der Waals surface area contributed by atoms with Crippen LogP contribution in [0.2, 0.25) is 0 Å². The molecule has 21 heavy (non-hydrogen) atoms. The van der Waals surface area contributed by atoms with E-state index in [4.69, 9.17) is 4.74 Å². The van der Waals surface area contributed by atoms with Crippen LogP contribution in [0.1, 0.15) is 30.6 Å². The highest BCUT2D eigenvalue weighted by molar-refractivity contribution is 9.10. The van der Waals surface area contributed by atoms with Crippen LogP contribution in [0.25, 0.3) is 0 Å². The van der Waals surface area contributed by atoms with Gasteiger partial charge < -0.3 is 15.0 Å². The summed E-state index contributed by atoms with van der Waals surface area (Å²) in [5, 5.41) is 3.18. The van der Waals surface area contributed by atoms with E-state index in [9.17, 15) is 4.79 Å². The number of carbonyl (C=O) groups is 1. The Labute approximate surface area is 135 Å². The van der Waals surface area contributed by atoms with Gasteiger partial charge in [0, 0.05) is 17.6 Å². The van der Waals surface area contributed by atoms with Crippen molar-refractivity contribution in [2.45, 2.75) is 26.4 Å². The van der Waals surface area contributed by atoms with E-state index in [1.807, 2.05) is 44.0 Å². The topological polar surface area (TPSA) is 41.6 Å². The van der Waals surface area contributed by atoms with Crippen molar-refractivity contribution < 1.29 is 9.53 Å². The first kappa shape index (κ1) is 16.3. The number of benzene rings is 1. The Hall–Kier alpha value is -1.07. The second-order valence-electron chi connectivity index (χ2n) is 5.77. The molecule has 1 fully saturated rings. The molecule has 4 nitrogen and oxygen atoms in total. The number of amides is 1. The maximum atomic E-state index is 12.7. The van der Waals surface area contributed by atoms with Gasteiger partial charge in [-0.3, -0.25) is 4.79 Å². The van der Waals surface area contributed by atoms with Crippen LogP contribution >= 0.6 is 15.9 Å².